The number of rotatable bonds is 1. The van der Waals surface area contributed by atoms with Crippen LogP contribution in [0.5, 0.6) is 0 Å². The number of aromatic amines is 1. The van der Waals surface area contributed by atoms with E-state index in [1.165, 1.54) is 0 Å². The topological polar surface area (TPSA) is 106 Å². The van der Waals surface area contributed by atoms with E-state index >= 15 is 0 Å². The zero-order chi connectivity index (χ0) is 14.0. The zero-order valence-corrected chi connectivity index (χ0v) is 10.3. The molecule has 0 unspecified atom stereocenters. The fourth-order valence-electron chi connectivity index (χ4n) is 1.75. The van der Waals surface area contributed by atoms with E-state index in [9.17, 15) is 4.79 Å². The third kappa shape index (κ3) is 2.15. The van der Waals surface area contributed by atoms with Crippen LogP contribution in [-0.2, 0) is 0 Å². The maximum atomic E-state index is 11.7. The van der Waals surface area contributed by atoms with Gasteiger partial charge in [-0.15, -0.1) is 0 Å². The maximum Gasteiger partial charge on any atom is 0.268 e. The van der Waals surface area contributed by atoms with E-state index in [-0.39, 0.29) is 22.5 Å². The first-order valence-electron chi connectivity index (χ1n) is 5.20. The Bertz CT molecular complexity index is 779. The number of nitrogens with one attached hydrogen (secondary N) is 1. The first kappa shape index (κ1) is 12.7. The highest BCUT2D eigenvalue weighted by Crippen LogP contribution is 2.28. The first-order chi connectivity index (χ1) is 9.08. The van der Waals surface area contributed by atoms with E-state index in [2.05, 4.69) is 4.98 Å². The zero-order valence-electron chi connectivity index (χ0n) is 9.57. The van der Waals surface area contributed by atoms with Crippen LogP contribution in [0, 0.1) is 22.7 Å². The smallest absolute Gasteiger partial charge is 0.268 e. The van der Waals surface area contributed by atoms with Crippen LogP contribution in [-0.4, -0.2) is 4.98 Å². The Morgan fingerprint density at radius 1 is 1.11 bits per heavy atom. The van der Waals surface area contributed by atoms with Crippen molar-refractivity contribution in [1.29, 1.82) is 10.5 Å². The van der Waals surface area contributed by atoms with Gasteiger partial charge in [-0.2, -0.15) is 10.5 Å². The van der Waals surface area contributed by atoms with E-state index in [0.717, 1.165) is 0 Å². The van der Waals surface area contributed by atoms with Gasteiger partial charge in [-0.1, -0.05) is 23.7 Å². The van der Waals surface area contributed by atoms with Gasteiger partial charge >= 0.3 is 0 Å². The second-order valence-electron chi connectivity index (χ2n) is 3.72. The molecule has 19 heavy (non-hydrogen) atoms. The van der Waals surface area contributed by atoms with Crippen LogP contribution in [0.1, 0.15) is 11.1 Å². The molecule has 0 bridgehead atoms. The maximum absolute atomic E-state index is 11.7. The standard InChI is InChI=1S/C13H7ClN4O/c14-8-3-1-7(2-4-8)11-9(5-15)12(17)18-13(19)10(11)6-16/h1-4H,(H3,17,18,19). The summed E-state index contributed by atoms with van der Waals surface area (Å²) >= 11 is 5.79. The molecule has 0 aliphatic heterocycles. The molecule has 2 aromatic rings. The molecule has 0 saturated heterocycles. The van der Waals surface area contributed by atoms with Gasteiger partial charge in [0.2, 0.25) is 0 Å². The Hall–Kier alpha value is -2.76. The van der Waals surface area contributed by atoms with E-state index < -0.39 is 5.56 Å². The lowest BCUT2D eigenvalue weighted by atomic mass is 9.97. The number of benzene rings is 1. The highest BCUT2D eigenvalue weighted by molar-refractivity contribution is 6.30. The number of halogens is 1. The SMILES string of the molecule is N#Cc1c(N)[nH]c(=O)c(C#N)c1-c1ccc(Cl)cc1. The second-order valence-corrected chi connectivity index (χ2v) is 4.16. The fraction of sp³-hybridized carbons (Fsp3) is 0. The summed E-state index contributed by atoms with van der Waals surface area (Å²) in [6.45, 7) is 0. The Balaban J connectivity index is 2.89. The Morgan fingerprint density at radius 2 is 1.68 bits per heavy atom. The summed E-state index contributed by atoms with van der Waals surface area (Å²) in [7, 11) is 0. The lowest BCUT2D eigenvalue weighted by Crippen LogP contribution is -2.16. The molecule has 0 aliphatic rings. The fourth-order valence-corrected chi connectivity index (χ4v) is 1.87. The molecule has 0 amide bonds. The average molecular weight is 271 g/mol. The number of anilines is 1. The molecule has 6 heteroatoms. The van der Waals surface area contributed by atoms with Crippen LogP contribution in [0.15, 0.2) is 29.1 Å². The van der Waals surface area contributed by atoms with Gasteiger partial charge in [-0.3, -0.25) is 4.79 Å². The molecule has 1 aromatic carbocycles. The van der Waals surface area contributed by atoms with Gasteiger partial charge < -0.3 is 10.7 Å². The van der Waals surface area contributed by atoms with Gasteiger partial charge in [0.25, 0.3) is 5.56 Å². The van der Waals surface area contributed by atoms with Crippen LogP contribution in [0.2, 0.25) is 5.02 Å². The van der Waals surface area contributed by atoms with Crippen molar-refractivity contribution in [2.24, 2.45) is 0 Å². The summed E-state index contributed by atoms with van der Waals surface area (Å²) in [5.41, 5.74) is 5.67. The highest BCUT2D eigenvalue weighted by Gasteiger charge is 2.17. The van der Waals surface area contributed by atoms with Crippen molar-refractivity contribution in [2.75, 3.05) is 5.73 Å². The molecule has 0 aliphatic carbocycles. The number of aromatic nitrogens is 1. The van der Waals surface area contributed by atoms with Crippen LogP contribution >= 0.6 is 11.6 Å². The minimum atomic E-state index is -0.621. The van der Waals surface area contributed by atoms with E-state index in [4.69, 9.17) is 27.9 Å². The predicted molar refractivity (Wildman–Crippen MR) is 71.4 cm³/mol. The van der Waals surface area contributed by atoms with Crippen LogP contribution < -0.4 is 11.3 Å². The number of nitrogens with zero attached hydrogens (tertiary/aromatic N) is 2. The predicted octanol–water partition coefficient (Wildman–Crippen LogP) is 2.02. The number of hydrogen-bond acceptors (Lipinski definition) is 4. The third-order valence-corrected chi connectivity index (χ3v) is 2.85. The Morgan fingerprint density at radius 3 is 2.21 bits per heavy atom. The first-order valence-corrected chi connectivity index (χ1v) is 5.58. The second kappa shape index (κ2) is 4.85. The van der Waals surface area contributed by atoms with Crippen molar-refractivity contribution in [1.82, 2.24) is 4.98 Å². The molecule has 0 atom stereocenters. The normalized spacial score (nSPS) is 9.63. The molecule has 3 N–H and O–H groups in total. The van der Waals surface area contributed by atoms with Crippen LogP contribution in [0.4, 0.5) is 5.82 Å². The summed E-state index contributed by atoms with van der Waals surface area (Å²) in [5, 5.41) is 18.7. The van der Waals surface area contributed by atoms with Crippen molar-refractivity contribution in [3.05, 3.63) is 50.8 Å². The summed E-state index contributed by atoms with van der Waals surface area (Å²) in [6.07, 6.45) is 0. The molecule has 92 valence electrons. The minimum Gasteiger partial charge on any atom is -0.384 e. The number of pyridine rings is 1. The third-order valence-electron chi connectivity index (χ3n) is 2.60. The largest absolute Gasteiger partial charge is 0.384 e. The van der Waals surface area contributed by atoms with E-state index in [0.29, 0.717) is 10.6 Å². The van der Waals surface area contributed by atoms with E-state index in [1.54, 1.807) is 30.3 Å². The quantitative estimate of drug-likeness (QED) is 0.826. The molecule has 1 heterocycles. The van der Waals surface area contributed by atoms with Crippen LogP contribution in [0.25, 0.3) is 11.1 Å². The van der Waals surface area contributed by atoms with Gasteiger partial charge in [-0.05, 0) is 17.7 Å². The van der Waals surface area contributed by atoms with Crippen molar-refractivity contribution in [3.63, 3.8) is 0 Å². The number of hydrogen-bond donors (Lipinski definition) is 2. The van der Waals surface area contributed by atoms with Gasteiger partial charge in [0.15, 0.2) is 0 Å². The summed E-state index contributed by atoms with van der Waals surface area (Å²) in [4.78, 5) is 14.0. The Labute approximate surface area is 113 Å². The van der Waals surface area contributed by atoms with E-state index in [1.807, 2.05) is 6.07 Å². The lowest BCUT2D eigenvalue weighted by molar-refractivity contribution is 1.21. The number of H-pyrrole nitrogens is 1. The molecule has 2 rings (SSSR count). The van der Waals surface area contributed by atoms with Crippen LogP contribution in [0.3, 0.4) is 0 Å². The number of nitriles is 2. The van der Waals surface area contributed by atoms with Crippen molar-refractivity contribution in [3.8, 4) is 23.3 Å². The van der Waals surface area contributed by atoms with Gasteiger partial charge in [0.1, 0.15) is 29.1 Å². The molecule has 0 fully saturated rings. The Kier molecular flexibility index (Phi) is 3.24. The van der Waals surface area contributed by atoms with Gasteiger partial charge in [0.05, 0.1) is 0 Å². The highest BCUT2D eigenvalue weighted by atomic mass is 35.5. The average Bonchev–Trinajstić information content (AvgIpc) is 2.39. The molecule has 0 spiro atoms. The monoisotopic (exact) mass is 270 g/mol. The molecule has 0 saturated carbocycles. The molecular weight excluding hydrogens is 264 g/mol. The number of nitrogens with two attached hydrogens (primary N) is 1. The lowest BCUT2D eigenvalue weighted by Gasteiger charge is -2.08. The summed E-state index contributed by atoms with van der Waals surface area (Å²) in [6, 6.07) is 10.2. The van der Waals surface area contributed by atoms with Crippen molar-refractivity contribution in [2.45, 2.75) is 0 Å². The molecule has 1 aromatic heterocycles. The van der Waals surface area contributed by atoms with Crippen molar-refractivity contribution >= 4 is 17.4 Å². The minimum absolute atomic E-state index is 0.0588. The van der Waals surface area contributed by atoms with Gasteiger partial charge in [-0.25, -0.2) is 0 Å². The summed E-state index contributed by atoms with van der Waals surface area (Å²) in [5.74, 6) is -0.0588. The number of nitrogen functional groups attached to an aromatic ring is 1. The summed E-state index contributed by atoms with van der Waals surface area (Å²) < 4.78 is 0. The molecular formula is C13H7ClN4O. The molecule has 0 radical (unpaired) electrons. The van der Waals surface area contributed by atoms with Crippen molar-refractivity contribution < 1.29 is 0 Å². The van der Waals surface area contributed by atoms with Gasteiger partial charge in [0, 0.05) is 10.6 Å². The molecule has 5 nitrogen and oxygen atoms in total.